The molecule has 5 atom stereocenters. The second-order valence-electron chi connectivity index (χ2n) is 8.82. The van der Waals surface area contributed by atoms with E-state index in [1.807, 2.05) is 6.92 Å². The lowest BCUT2D eigenvalue weighted by Gasteiger charge is -2.29. The number of amides is 3. The van der Waals surface area contributed by atoms with E-state index in [4.69, 9.17) is 16.6 Å². The maximum Gasteiger partial charge on any atom is 0.326 e. The number of carbonyl (C=O) groups is 5. The van der Waals surface area contributed by atoms with E-state index in [1.54, 1.807) is 20.8 Å². The molecule has 196 valence electrons. The highest BCUT2D eigenvalue weighted by Gasteiger charge is 2.33. The number of nitrogens with two attached hydrogens (primary N) is 2. The molecule has 0 spiro atoms. The average Bonchev–Trinajstić information content (AvgIpc) is 2.76. The summed E-state index contributed by atoms with van der Waals surface area (Å²) in [5.41, 5.74) is 11.4. The van der Waals surface area contributed by atoms with Gasteiger partial charge in [-0.2, -0.15) is 0 Å². The highest BCUT2D eigenvalue weighted by Crippen LogP contribution is 2.12. The first-order valence-electron chi connectivity index (χ1n) is 11.7. The Labute approximate surface area is 200 Å². The van der Waals surface area contributed by atoms with Crippen LogP contribution in [0.2, 0.25) is 0 Å². The van der Waals surface area contributed by atoms with Crippen molar-refractivity contribution in [3.8, 4) is 0 Å². The van der Waals surface area contributed by atoms with Gasteiger partial charge in [-0.1, -0.05) is 40.5 Å². The smallest absolute Gasteiger partial charge is 0.326 e. The standard InChI is InChI=1S/C22H41N5O7/c1-5-13(4)18(27-19(30)14(24)8-6-7-11-23)21(32)26-17(12(2)3)20(31)25-15(22(33)34)9-10-16(28)29/h12-15,17-18H,5-11,23-24H2,1-4H3,(H,25,31)(H,26,32)(H,27,30)(H,28,29)(H,33,34). The second-order valence-corrected chi connectivity index (χ2v) is 8.82. The van der Waals surface area contributed by atoms with Gasteiger partial charge in [0.2, 0.25) is 17.7 Å². The van der Waals surface area contributed by atoms with Crippen LogP contribution in [0.3, 0.4) is 0 Å². The second kappa shape index (κ2) is 16.0. The highest BCUT2D eigenvalue weighted by molar-refractivity contribution is 5.94. The van der Waals surface area contributed by atoms with Crippen molar-refractivity contribution in [1.82, 2.24) is 16.0 Å². The monoisotopic (exact) mass is 487 g/mol. The van der Waals surface area contributed by atoms with Gasteiger partial charge < -0.3 is 37.6 Å². The van der Waals surface area contributed by atoms with Crippen molar-refractivity contribution in [3.63, 3.8) is 0 Å². The van der Waals surface area contributed by atoms with Crippen LogP contribution in [0.1, 0.15) is 66.2 Å². The molecule has 0 radical (unpaired) electrons. The SMILES string of the molecule is CCC(C)C(NC(=O)C(N)CCCCN)C(=O)NC(C(=O)NC(CCC(=O)O)C(=O)O)C(C)C. The van der Waals surface area contributed by atoms with E-state index in [0.717, 1.165) is 6.42 Å². The summed E-state index contributed by atoms with van der Waals surface area (Å²) < 4.78 is 0. The molecular formula is C22H41N5O7. The van der Waals surface area contributed by atoms with Gasteiger partial charge in [-0.05, 0) is 37.6 Å². The first kappa shape index (κ1) is 31.3. The lowest BCUT2D eigenvalue weighted by Crippen LogP contribution is -2.59. The zero-order valence-electron chi connectivity index (χ0n) is 20.5. The van der Waals surface area contributed by atoms with Crippen LogP contribution in [0.5, 0.6) is 0 Å². The maximum absolute atomic E-state index is 13.1. The molecule has 0 saturated heterocycles. The number of hydrogen-bond donors (Lipinski definition) is 7. The van der Waals surface area contributed by atoms with E-state index < -0.39 is 66.2 Å². The van der Waals surface area contributed by atoms with Crippen LogP contribution in [0.15, 0.2) is 0 Å². The van der Waals surface area contributed by atoms with E-state index in [9.17, 15) is 29.1 Å². The van der Waals surface area contributed by atoms with Crippen LogP contribution in [0, 0.1) is 11.8 Å². The topological polar surface area (TPSA) is 214 Å². The van der Waals surface area contributed by atoms with Crippen molar-refractivity contribution >= 4 is 29.7 Å². The molecule has 0 saturated carbocycles. The summed E-state index contributed by atoms with van der Waals surface area (Å²) in [6.45, 7) is 7.46. The third kappa shape index (κ3) is 11.4. The molecule has 0 aliphatic rings. The Kier molecular flexibility index (Phi) is 14.7. The quantitative estimate of drug-likeness (QED) is 0.132. The van der Waals surface area contributed by atoms with Gasteiger partial charge in [-0.25, -0.2) is 4.79 Å². The van der Waals surface area contributed by atoms with Crippen LogP contribution in [-0.2, 0) is 24.0 Å². The first-order valence-corrected chi connectivity index (χ1v) is 11.7. The third-order valence-corrected chi connectivity index (χ3v) is 5.61. The van der Waals surface area contributed by atoms with E-state index in [-0.39, 0.29) is 12.3 Å². The molecule has 0 aliphatic carbocycles. The molecule has 9 N–H and O–H groups in total. The molecule has 0 bridgehead atoms. The predicted molar refractivity (Wildman–Crippen MR) is 125 cm³/mol. The van der Waals surface area contributed by atoms with Crippen LogP contribution in [0.25, 0.3) is 0 Å². The van der Waals surface area contributed by atoms with Gasteiger partial charge in [0.1, 0.15) is 18.1 Å². The van der Waals surface area contributed by atoms with Gasteiger partial charge in [0.05, 0.1) is 6.04 Å². The predicted octanol–water partition coefficient (Wildman–Crippen LogP) is -0.451. The minimum absolute atomic E-state index is 0.265. The summed E-state index contributed by atoms with van der Waals surface area (Å²) in [6.07, 6.45) is 1.64. The Morgan fingerprint density at radius 3 is 1.85 bits per heavy atom. The van der Waals surface area contributed by atoms with E-state index in [0.29, 0.717) is 25.8 Å². The minimum atomic E-state index is -1.42. The molecule has 5 unspecified atom stereocenters. The summed E-state index contributed by atoms with van der Waals surface area (Å²) in [5, 5.41) is 25.7. The number of hydrogen-bond acceptors (Lipinski definition) is 7. The fraction of sp³-hybridized carbons (Fsp3) is 0.773. The molecule has 0 rings (SSSR count). The molecule has 12 nitrogen and oxygen atoms in total. The van der Waals surface area contributed by atoms with Gasteiger partial charge >= 0.3 is 11.9 Å². The Balaban J connectivity index is 5.39. The Bertz CT molecular complexity index is 701. The lowest BCUT2D eigenvalue weighted by molar-refractivity contribution is -0.143. The zero-order chi connectivity index (χ0) is 26.4. The zero-order valence-corrected chi connectivity index (χ0v) is 20.5. The van der Waals surface area contributed by atoms with Crippen molar-refractivity contribution < 1.29 is 34.2 Å². The van der Waals surface area contributed by atoms with Crippen LogP contribution in [-0.4, -0.2) is 70.6 Å². The van der Waals surface area contributed by atoms with Crippen molar-refractivity contribution in [2.24, 2.45) is 23.3 Å². The largest absolute Gasteiger partial charge is 0.481 e. The molecule has 0 heterocycles. The molecule has 3 amide bonds. The van der Waals surface area contributed by atoms with Crippen LogP contribution in [0.4, 0.5) is 0 Å². The Hall–Kier alpha value is -2.73. The van der Waals surface area contributed by atoms with Crippen LogP contribution < -0.4 is 27.4 Å². The molecule has 0 aromatic carbocycles. The molecule has 0 aromatic heterocycles. The summed E-state index contributed by atoms with van der Waals surface area (Å²) >= 11 is 0. The Morgan fingerprint density at radius 2 is 1.38 bits per heavy atom. The number of rotatable bonds is 17. The van der Waals surface area contributed by atoms with Crippen molar-refractivity contribution in [3.05, 3.63) is 0 Å². The highest BCUT2D eigenvalue weighted by atomic mass is 16.4. The van der Waals surface area contributed by atoms with Gasteiger partial charge in [-0.3, -0.25) is 19.2 Å². The maximum atomic E-state index is 13.1. The minimum Gasteiger partial charge on any atom is -0.481 e. The summed E-state index contributed by atoms with van der Waals surface area (Å²) in [4.78, 5) is 60.5. The van der Waals surface area contributed by atoms with E-state index >= 15 is 0 Å². The van der Waals surface area contributed by atoms with Gasteiger partial charge in [-0.15, -0.1) is 0 Å². The summed E-state index contributed by atoms with van der Waals surface area (Å²) in [5.74, 6) is -5.08. The molecule has 0 fully saturated rings. The number of aliphatic carboxylic acids is 2. The third-order valence-electron chi connectivity index (χ3n) is 5.61. The lowest BCUT2D eigenvalue weighted by atomic mass is 9.95. The van der Waals surface area contributed by atoms with E-state index in [1.165, 1.54) is 0 Å². The molecular weight excluding hydrogens is 446 g/mol. The molecule has 12 heteroatoms. The number of nitrogens with one attached hydrogen (secondary N) is 3. The van der Waals surface area contributed by atoms with Crippen molar-refractivity contribution in [2.45, 2.75) is 90.4 Å². The fourth-order valence-electron chi connectivity index (χ4n) is 3.17. The molecule has 34 heavy (non-hydrogen) atoms. The number of carbonyl (C=O) groups excluding carboxylic acids is 3. The van der Waals surface area contributed by atoms with Gasteiger partial charge in [0, 0.05) is 6.42 Å². The van der Waals surface area contributed by atoms with Crippen molar-refractivity contribution in [1.29, 1.82) is 0 Å². The normalized spacial score (nSPS) is 15.5. The molecule has 0 aromatic rings. The Morgan fingerprint density at radius 1 is 0.824 bits per heavy atom. The average molecular weight is 488 g/mol. The van der Waals surface area contributed by atoms with Gasteiger partial charge in [0.25, 0.3) is 0 Å². The molecule has 0 aliphatic heterocycles. The number of unbranched alkanes of at least 4 members (excludes halogenated alkanes) is 1. The fourth-order valence-corrected chi connectivity index (χ4v) is 3.17. The van der Waals surface area contributed by atoms with Gasteiger partial charge in [0.15, 0.2) is 0 Å². The van der Waals surface area contributed by atoms with E-state index in [2.05, 4.69) is 16.0 Å². The van der Waals surface area contributed by atoms with Crippen molar-refractivity contribution in [2.75, 3.05) is 6.54 Å². The summed E-state index contributed by atoms with van der Waals surface area (Å²) in [6, 6.07) is -4.27. The number of carboxylic acid groups (broad SMARTS) is 2. The van der Waals surface area contributed by atoms with Crippen LogP contribution >= 0.6 is 0 Å². The first-order chi connectivity index (χ1) is 15.8. The summed E-state index contributed by atoms with van der Waals surface area (Å²) in [7, 11) is 0. The number of carboxylic acids is 2.